The predicted octanol–water partition coefficient (Wildman–Crippen LogP) is 9.13. The van der Waals surface area contributed by atoms with Gasteiger partial charge in [0.1, 0.15) is 11.5 Å². The van der Waals surface area contributed by atoms with Crippen molar-refractivity contribution < 1.29 is 17.9 Å². The highest BCUT2D eigenvalue weighted by atomic mass is 35.5. The first-order valence-electron chi connectivity index (χ1n) is 14.8. The van der Waals surface area contributed by atoms with E-state index in [9.17, 15) is 18.0 Å². The molecular formula is C31H40Cl3N3O5S. The molecule has 0 amide bonds. The molecule has 0 saturated heterocycles. The van der Waals surface area contributed by atoms with Gasteiger partial charge in [0.15, 0.2) is 9.84 Å². The van der Waals surface area contributed by atoms with Crippen LogP contribution >= 0.6 is 34.8 Å². The lowest BCUT2D eigenvalue weighted by Crippen LogP contribution is -2.15. The number of halogens is 3. The smallest absolute Gasteiger partial charge is 0.338 e. The minimum atomic E-state index is -3.43. The van der Waals surface area contributed by atoms with Gasteiger partial charge >= 0.3 is 5.97 Å². The number of H-pyrrole nitrogens is 1. The fourth-order valence-electron chi connectivity index (χ4n) is 4.69. The van der Waals surface area contributed by atoms with Gasteiger partial charge in [0, 0.05) is 12.3 Å². The lowest BCUT2D eigenvalue weighted by molar-refractivity contribution is 0.0497. The number of sulfone groups is 1. The molecule has 3 aromatic rings. The number of benzene rings is 2. The molecule has 1 heterocycles. The van der Waals surface area contributed by atoms with Crippen LogP contribution in [0.25, 0.3) is 5.69 Å². The summed E-state index contributed by atoms with van der Waals surface area (Å²) in [7, 11) is -3.43. The normalized spacial score (nSPS) is 11.6. The molecule has 0 spiro atoms. The molecule has 0 radical (unpaired) electrons. The van der Waals surface area contributed by atoms with E-state index in [1.165, 1.54) is 94.2 Å². The number of nitrogens with one attached hydrogen (secondary N) is 2. The van der Waals surface area contributed by atoms with Crippen molar-refractivity contribution in [3.8, 4) is 5.69 Å². The fraction of sp³-hybridized carbons (Fsp3) is 0.484. The van der Waals surface area contributed by atoms with Gasteiger partial charge in [-0.05, 0) is 36.8 Å². The largest absolute Gasteiger partial charge is 0.462 e. The second-order valence-corrected chi connectivity index (χ2v) is 13.9. The maximum Gasteiger partial charge on any atom is 0.338 e. The predicted molar refractivity (Wildman–Crippen MR) is 176 cm³/mol. The van der Waals surface area contributed by atoms with Crippen LogP contribution in [-0.2, 0) is 14.6 Å². The van der Waals surface area contributed by atoms with Crippen LogP contribution in [0.1, 0.15) is 94.3 Å². The van der Waals surface area contributed by atoms with Crippen LogP contribution in [0.15, 0.2) is 46.1 Å². The fourth-order valence-corrected chi connectivity index (χ4v) is 6.28. The third-order valence-electron chi connectivity index (χ3n) is 7.07. The van der Waals surface area contributed by atoms with Crippen molar-refractivity contribution >= 4 is 62.1 Å². The zero-order valence-electron chi connectivity index (χ0n) is 24.7. The summed E-state index contributed by atoms with van der Waals surface area (Å²) in [6.45, 7) is 2.55. The van der Waals surface area contributed by atoms with Crippen molar-refractivity contribution in [1.82, 2.24) is 9.78 Å². The third-order valence-corrected chi connectivity index (χ3v) is 9.06. The quantitative estimate of drug-likeness (QED) is 0.103. The number of carbonyl (C=O) groups excluding carboxylic acids is 1. The molecule has 43 heavy (non-hydrogen) atoms. The van der Waals surface area contributed by atoms with Gasteiger partial charge in [-0.25, -0.2) is 17.9 Å². The summed E-state index contributed by atoms with van der Waals surface area (Å²) in [6.07, 6.45) is 15.7. The Bertz CT molecular complexity index is 1510. The number of aromatic nitrogens is 2. The first kappa shape index (κ1) is 35.0. The number of hydrogen-bond acceptors (Lipinski definition) is 6. The zero-order valence-corrected chi connectivity index (χ0v) is 27.8. The molecule has 0 atom stereocenters. The van der Waals surface area contributed by atoms with E-state index >= 15 is 0 Å². The van der Waals surface area contributed by atoms with Crippen LogP contribution < -0.4 is 10.9 Å². The number of anilines is 2. The highest BCUT2D eigenvalue weighted by Gasteiger charge is 2.18. The first-order chi connectivity index (χ1) is 20.5. The molecule has 1 aromatic heterocycles. The molecule has 12 heteroatoms. The SMILES string of the molecule is CCCCCCCCCCCCCCOC(=O)c1cc(Cl)c(-n2[nH]c(Nc3ccc(S(C)(=O)=O)cc3Cl)cc2=O)c(Cl)c1. The lowest BCUT2D eigenvalue weighted by atomic mass is 10.1. The molecular weight excluding hydrogens is 633 g/mol. The van der Waals surface area contributed by atoms with Gasteiger partial charge in [0.2, 0.25) is 0 Å². The van der Waals surface area contributed by atoms with Crippen LogP contribution in [0, 0.1) is 0 Å². The minimum Gasteiger partial charge on any atom is -0.462 e. The van der Waals surface area contributed by atoms with E-state index in [0.717, 1.165) is 30.2 Å². The average molecular weight is 673 g/mol. The van der Waals surface area contributed by atoms with Crippen molar-refractivity contribution in [3.05, 3.63) is 67.4 Å². The van der Waals surface area contributed by atoms with Crippen molar-refractivity contribution in [2.75, 3.05) is 18.2 Å². The average Bonchev–Trinajstić information content (AvgIpc) is 3.30. The molecule has 2 N–H and O–H groups in total. The molecule has 0 unspecified atom stereocenters. The second-order valence-electron chi connectivity index (χ2n) is 10.7. The lowest BCUT2D eigenvalue weighted by Gasteiger charge is -2.11. The van der Waals surface area contributed by atoms with Crippen LogP contribution in [0.4, 0.5) is 11.5 Å². The Balaban J connectivity index is 1.50. The second kappa shape index (κ2) is 17.1. The zero-order chi connectivity index (χ0) is 31.4. The Labute approximate surface area is 269 Å². The summed E-state index contributed by atoms with van der Waals surface area (Å²) in [6, 6.07) is 8.31. The molecule has 0 saturated carbocycles. The number of unbranched alkanes of at least 4 members (excludes halogenated alkanes) is 11. The summed E-state index contributed by atoms with van der Waals surface area (Å²) in [5.41, 5.74) is 0.259. The van der Waals surface area contributed by atoms with E-state index < -0.39 is 21.4 Å². The number of rotatable bonds is 18. The summed E-state index contributed by atoms with van der Waals surface area (Å²) < 4.78 is 30.1. The first-order valence-corrected chi connectivity index (χ1v) is 17.8. The Kier molecular flexibility index (Phi) is 14.0. The van der Waals surface area contributed by atoms with E-state index in [1.807, 2.05) is 0 Å². The number of ether oxygens (including phenoxy) is 1. The molecule has 0 bridgehead atoms. The summed E-state index contributed by atoms with van der Waals surface area (Å²) in [4.78, 5) is 25.4. The Morgan fingerprint density at radius 3 is 1.93 bits per heavy atom. The van der Waals surface area contributed by atoms with Crippen LogP contribution in [0.3, 0.4) is 0 Å². The van der Waals surface area contributed by atoms with Crippen LogP contribution in [0.5, 0.6) is 0 Å². The molecule has 0 fully saturated rings. The summed E-state index contributed by atoms with van der Waals surface area (Å²) in [5, 5.41) is 6.12. The number of aromatic amines is 1. The van der Waals surface area contributed by atoms with Gasteiger partial charge in [-0.1, -0.05) is 112 Å². The summed E-state index contributed by atoms with van der Waals surface area (Å²) >= 11 is 19.1. The van der Waals surface area contributed by atoms with E-state index in [1.54, 1.807) is 0 Å². The van der Waals surface area contributed by atoms with Gasteiger partial charge in [0.25, 0.3) is 5.56 Å². The molecule has 8 nitrogen and oxygen atoms in total. The molecule has 2 aromatic carbocycles. The number of nitrogens with zero attached hydrogens (tertiary/aromatic N) is 1. The highest BCUT2D eigenvalue weighted by Crippen LogP contribution is 2.31. The Morgan fingerprint density at radius 1 is 0.837 bits per heavy atom. The number of hydrogen-bond donors (Lipinski definition) is 2. The molecule has 236 valence electrons. The molecule has 3 rings (SSSR count). The van der Waals surface area contributed by atoms with Gasteiger partial charge in [-0.15, -0.1) is 0 Å². The van der Waals surface area contributed by atoms with Gasteiger partial charge in [0.05, 0.1) is 37.8 Å². The Morgan fingerprint density at radius 2 is 1.40 bits per heavy atom. The Hall–Kier alpha value is -2.46. The maximum absolute atomic E-state index is 12.7. The maximum atomic E-state index is 12.7. The van der Waals surface area contributed by atoms with Gasteiger partial charge in [-0.3, -0.25) is 9.89 Å². The number of esters is 1. The van der Waals surface area contributed by atoms with E-state index in [2.05, 4.69) is 17.3 Å². The summed E-state index contributed by atoms with van der Waals surface area (Å²) in [5.74, 6) is -0.274. The van der Waals surface area contributed by atoms with Crippen LogP contribution in [0.2, 0.25) is 15.1 Å². The van der Waals surface area contributed by atoms with Crippen LogP contribution in [-0.4, -0.2) is 37.0 Å². The van der Waals surface area contributed by atoms with E-state index in [-0.39, 0.29) is 37.0 Å². The van der Waals surface area contributed by atoms with Gasteiger partial charge < -0.3 is 10.1 Å². The highest BCUT2D eigenvalue weighted by molar-refractivity contribution is 7.90. The van der Waals surface area contributed by atoms with Gasteiger partial charge in [-0.2, -0.15) is 0 Å². The van der Waals surface area contributed by atoms with E-state index in [4.69, 9.17) is 39.5 Å². The van der Waals surface area contributed by atoms with E-state index in [0.29, 0.717) is 12.3 Å². The topological polar surface area (TPSA) is 110 Å². The molecule has 0 aliphatic heterocycles. The monoisotopic (exact) mass is 671 g/mol. The third kappa shape index (κ3) is 10.9. The number of carbonyl (C=O) groups is 1. The van der Waals surface area contributed by atoms with Crippen molar-refractivity contribution in [1.29, 1.82) is 0 Å². The standard InChI is InChI=1S/C31H40Cl3N3O5S/c1-3-4-5-6-7-8-9-10-11-12-13-14-17-42-31(39)22-18-25(33)30(26(34)19-22)37-29(38)21-28(36-37)35-27-16-15-23(20-24(27)32)43(2,40)41/h15-16,18-21,35-36H,3-14,17H2,1-2H3. The minimum absolute atomic E-state index is 0.0698. The van der Waals surface area contributed by atoms with Crippen molar-refractivity contribution in [3.63, 3.8) is 0 Å². The van der Waals surface area contributed by atoms with Crippen molar-refractivity contribution in [2.45, 2.75) is 88.9 Å². The molecule has 0 aliphatic rings. The molecule has 0 aliphatic carbocycles. The van der Waals surface area contributed by atoms with Crippen molar-refractivity contribution in [2.24, 2.45) is 0 Å².